The van der Waals surface area contributed by atoms with Crippen molar-refractivity contribution < 1.29 is 9.53 Å². The van der Waals surface area contributed by atoms with Crippen molar-refractivity contribution in [1.82, 2.24) is 0 Å². The highest BCUT2D eigenvalue weighted by atomic mass is 16.5. The lowest BCUT2D eigenvalue weighted by atomic mass is 10.1. The van der Waals surface area contributed by atoms with E-state index in [-0.39, 0.29) is 5.97 Å². The molecule has 16 heavy (non-hydrogen) atoms. The minimum atomic E-state index is -0.190. The predicted octanol–water partition coefficient (Wildman–Crippen LogP) is 1.16. The summed E-state index contributed by atoms with van der Waals surface area (Å²) < 4.78 is 4.87. The molecule has 1 aromatic rings. The highest BCUT2D eigenvalue weighted by Gasteiger charge is 2.03. The standard InChI is InChI=1S/C12H18N2O2/c1-2-16-12(15)9-10-3-5-11(6-4-10)14-8-7-13/h3-6,14H,2,7-9,13H2,1H3. The number of nitrogens with two attached hydrogens (primary N) is 1. The number of carbonyl (C=O) groups excluding carboxylic acids is 1. The molecular weight excluding hydrogens is 204 g/mol. The van der Waals surface area contributed by atoms with Crippen molar-refractivity contribution in [2.24, 2.45) is 5.73 Å². The van der Waals surface area contributed by atoms with Gasteiger partial charge < -0.3 is 15.8 Å². The number of esters is 1. The third-order valence-electron chi connectivity index (χ3n) is 2.08. The topological polar surface area (TPSA) is 64.3 Å². The van der Waals surface area contributed by atoms with E-state index in [1.807, 2.05) is 24.3 Å². The number of anilines is 1. The molecule has 0 saturated carbocycles. The highest BCUT2D eigenvalue weighted by Crippen LogP contribution is 2.09. The summed E-state index contributed by atoms with van der Waals surface area (Å²) in [7, 11) is 0. The summed E-state index contributed by atoms with van der Waals surface area (Å²) in [5, 5.41) is 3.16. The molecule has 0 aliphatic rings. The van der Waals surface area contributed by atoms with Crippen LogP contribution in [0.1, 0.15) is 12.5 Å². The lowest BCUT2D eigenvalue weighted by Crippen LogP contribution is -2.13. The summed E-state index contributed by atoms with van der Waals surface area (Å²) in [6.45, 7) is 3.58. The highest BCUT2D eigenvalue weighted by molar-refractivity contribution is 5.72. The predicted molar refractivity (Wildman–Crippen MR) is 64.3 cm³/mol. The van der Waals surface area contributed by atoms with Crippen molar-refractivity contribution >= 4 is 11.7 Å². The fraction of sp³-hybridized carbons (Fsp3) is 0.417. The van der Waals surface area contributed by atoms with Gasteiger partial charge in [-0.3, -0.25) is 4.79 Å². The van der Waals surface area contributed by atoms with E-state index in [0.717, 1.165) is 17.8 Å². The zero-order chi connectivity index (χ0) is 11.8. The molecule has 1 rings (SSSR count). The number of ether oxygens (including phenoxy) is 1. The van der Waals surface area contributed by atoms with E-state index in [1.54, 1.807) is 6.92 Å². The van der Waals surface area contributed by atoms with E-state index in [1.165, 1.54) is 0 Å². The van der Waals surface area contributed by atoms with Gasteiger partial charge >= 0.3 is 5.97 Å². The molecule has 0 fully saturated rings. The Bertz CT molecular complexity index is 322. The van der Waals surface area contributed by atoms with Gasteiger partial charge in [0.1, 0.15) is 0 Å². The van der Waals surface area contributed by atoms with Gasteiger partial charge in [0.05, 0.1) is 13.0 Å². The molecule has 4 nitrogen and oxygen atoms in total. The van der Waals surface area contributed by atoms with Gasteiger partial charge in [0.15, 0.2) is 0 Å². The van der Waals surface area contributed by atoms with Crippen molar-refractivity contribution in [3.8, 4) is 0 Å². The Morgan fingerprint density at radius 1 is 1.38 bits per heavy atom. The maximum atomic E-state index is 11.2. The molecule has 0 radical (unpaired) electrons. The van der Waals surface area contributed by atoms with E-state index < -0.39 is 0 Å². The van der Waals surface area contributed by atoms with Crippen LogP contribution in [0.4, 0.5) is 5.69 Å². The van der Waals surface area contributed by atoms with Crippen LogP contribution in [0.25, 0.3) is 0 Å². The van der Waals surface area contributed by atoms with Crippen LogP contribution in [0, 0.1) is 0 Å². The van der Waals surface area contributed by atoms with E-state index >= 15 is 0 Å². The van der Waals surface area contributed by atoms with Crippen LogP contribution in [0.2, 0.25) is 0 Å². The van der Waals surface area contributed by atoms with Crippen LogP contribution in [0.5, 0.6) is 0 Å². The van der Waals surface area contributed by atoms with Crippen molar-refractivity contribution in [3.05, 3.63) is 29.8 Å². The van der Waals surface area contributed by atoms with Gasteiger partial charge in [0.2, 0.25) is 0 Å². The van der Waals surface area contributed by atoms with E-state index in [2.05, 4.69) is 5.32 Å². The fourth-order valence-corrected chi connectivity index (χ4v) is 1.34. The molecule has 3 N–H and O–H groups in total. The maximum Gasteiger partial charge on any atom is 0.310 e. The second-order valence-corrected chi connectivity index (χ2v) is 3.39. The van der Waals surface area contributed by atoms with Crippen molar-refractivity contribution in [2.45, 2.75) is 13.3 Å². The van der Waals surface area contributed by atoms with Gasteiger partial charge in [0, 0.05) is 18.8 Å². The monoisotopic (exact) mass is 222 g/mol. The molecular formula is C12H18N2O2. The third-order valence-corrected chi connectivity index (χ3v) is 2.08. The normalized spacial score (nSPS) is 9.88. The van der Waals surface area contributed by atoms with E-state index in [4.69, 9.17) is 10.5 Å². The Labute approximate surface area is 95.8 Å². The molecule has 0 saturated heterocycles. The summed E-state index contributed by atoms with van der Waals surface area (Å²) in [6, 6.07) is 7.69. The maximum absolute atomic E-state index is 11.2. The number of hydrogen-bond donors (Lipinski definition) is 2. The molecule has 4 heteroatoms. The fourth-order valence-electron chi connectivity index (χ4n) is 1.34. The van der Waals surface area contributed by atoms with Gasteiger partial charge in [-0.15, -0.1) is 0 Å². The first kappa shape index (κ1) is 12.5. The quantitative estimate of drug-likeness (QED) is 0.709. The summed E-state index contributed by atoms with van der Waals surface area (Å²) in [6.07, 6.45) is 0.324. The van der Waals surface area contributed by atoms with Crippen molar-refractivity contribution in [1.29, 1.82) is 0 Å². The second-order valence-electron chi connectivity index (χ2n) is 3.39. The number of carbonyl (C=O) groups is 1. The summed E-state index contributed by atoms with van der Waals surface area (Å²) >= 11 is 0. The Morgan fingerprint density at radius 3 is 2.62 bits per heavy atom. The van der Waals surface area contributed by atoms with Gasteiger partial charge in [-0.2, -0.15) is 0 Å². The van der Waals surface area contributed by atoms with Crippen molar-refractivity contribution in [2.75, 3.05) is 25.0 Å². The van der Waals surface area contributed by atoms with Crippen LogP contribution in [-0.4, -0.2) is 25.7 Å². The SMILES string of the molecule is CCOC(=O)Cc1ccc(NCCN)cc1. The van der Waals surface area contributed by atoms with Gasteiger partial charge in [-0.1, -0.05) is 12.1 Å². The van der Waals surface area contributed by atoms with Crippen molar-refractivity contribution in [3.63, 3.8) is 0 Å². The largest absolute Gasteiger partial charge is 0.466 e. The Hall–Kier alpha value is -1.55. The molecule has 0 unspecified atom stereocenters. The molecule has 88 valence electrons. The minimum absolute atomic E-state index is 0.190. The number of rotatable bonds is 6. The molecule has 0 spiro atoms. The zero-order valence-electron chi connectivity index (χ0n) is 9.53. The van der Waals surface area contributed by atoms with Gasteiger partial charge in [0.25, 0.3) is 0 Å². The van der Waals surface area contributed by atoms with Crippen LogP contribution >= 0.6 is 0 Å². The van der Waals surface area contributed by atoms with Gasteiger partial charge in [-0.05, 0) is 24.6 Å². The summed E-state index contributed by atoms with van der Waals surface area (Å²) in [5.74, 6) is -0.190. The average Bonchev–Trinajstić information content (AvgIpc) is 2.28. The third kappa shape index (κ3) is 4.31. The summed E-state index contributed by atoms with van der Waals surface area (Å²) in [4.78, 5) is 11.2. The molecule has 0 heterocycles. The molecule has 0 bridgehead atoms. The van der Waals surface area contributed by atoms with E-state index in [0.29, 0.717) is 19.6 Å². The second kappa shape index (κ2) is 6.85. The average molecular weight is 222 g/mol. The number of benzene rings is 1. The molecule has 0 aromatic heterocycles. The molecule has 0 atom stereocenters. The zero-order valence-corrected chi connectivity index (χ0v) is 9.53. The van der Waals surface area contributed by atoms with Crippen LogP contribution in [0.15, 0.2) is 24.3 Å². The lowest BCUT2D eigenvalue weighted by Gasteiger charge is -2.06. The smallest absolute Gasteiger partial charge is 0.310 e. The molecule has 0 aliphatic heterocycles. The van der Waals surface area contributed by atoms with Crippen LogP contribution in [-0.2, 0) is 16.0 Å². The first-order chi connectivity index (χ1) is 7.76. The van der Waals surface area contributed by atoms with E-state index in [9.17, 15) is 4.79 Å². The molecule has 1 aromatic carbocycles. The lowest BCUT2D eigenvalue weighted by molar-refractivity contribution is -0.142. The minimum Gasteiger partial charge on any atom is -0.466 e. The Kier molecular flexibility index (Phi) is 5.36. The Morgan fingerprint density at radius 2 is 2.06 bits per heavy atom. The van der Waals surface area contributed by atoms with Crippen LogP contribution < -0.4 is 11.1 Å². The number of hydrogen-bond acceptors (Lipinski definition) is 4. The van der Waals surface area contributed by atoms with Gasteiger partial charge in [-0.25, -0.2) is 0 Å². The Balaban J connectivity index is 2.47. The van der Waals surface area contributed by atoms with Crippen LogP contribution in [0.3, 0.4) is 0 Å². The molecule has 0 aliphatic carbocycles. The molecule has 0 amide bonds. The first-order valence-electron chi connectivity index (χ1n) is 5.44. The summed E-state index contributed by atoms with van der Waals surface area (Å²) in [5.41, 5.74) is 7.35. The number of nitrogens with one attached hydrogen (secondary N) is 1. The first-order valence-corrected chi connectivity index (χ1v) is 5.44.